The molecule has 0 saturated heterocycles. The number of nitrogens with one attached hydrogen (secondary N) is 1. The van der Waals surface area contributed by atoms with E-state index in [-0.39, 0.29) is 24.5 Å². The van der Waals surface area contributed by atoms with Crippen molar-refractivity contribution in [1.29, 1.82) is 0 Å². The van der Waals surface area contributed by atoms with Gasteiger partial charge in [0, 0.05) is 55.3 Å². The first-order valence-corrected chi connectivity index (χ1v) is 16.1. The number of aryl methyl sites for hydroxylation is 1. The van der Waals surface area contributed by atoms with E-state index in [0.717, 1.165) is 38.7 Å². The number of benzene rings is 4. The number of nitrogens with zero attached hydrogens (tertiary/aromatic N) is 3. The van der Waals surface area contributed by atoms with E-state index in [4.69, 9.17) is 4.74 Å². The van der Waals surface area contributed by atoms with Gasteiger partial charge in [-0.3, -0.25) is 4.79 Å². The molecule has 0 radical (unpaired) electrons. The van der Waals surface area contributed by atoms with Crippen LogP contribution < -0.4 is 5.32 Å². The van der Waals surface area contributed by atoms with Gasteiger partial charge in [0.15, 0.2) is 0 Å². The number of anilines is 1. The molecule has 1 aliphatic heterocycles. The number of carbonyl (C=O) groups excluding carboxylic acids is 2. The summed E-state index contributed by atoms with van der Waals surface area (Å²) in [5.41, 5.74) is 7.19. The zero-order valence-electron chi connectivity index (χ0n) is 27.4. The third-order valence-corrected chi connectivity index (χ3v) is 9.27. The van der Waals surface area contributed by atoms with Crippen LogP contribution in [0, 0.1) is 5.92 Å². The fourth-order valence-corrected chi connectivity index (χ4v) is 6.47. The number of urea groups is 1. The molecule has 5 aromatic rings. The SMILES string of the molecule is C[C@@H]1CN([C@H](C)CO)C(=O)c2c(c3ccccc3n2C)-c2ccccc2CO[C@@H]1CN(C)C(=O)Nc1ccc(-c2ccccc2)cc1. The van der Waals surface area contributed by atoms with Gasteiger partial charge in [-0.05, 0) is 47.4 Å². The number of hydrogen-bond donors (Lipinski definition) is 2. The molecule has 47 heavy (non-hydrogen) atoms. The third kappa shape index (κ3) is 6.52. The molecule has 0 fully saturated rings. The number of aliphatic hydroxyl groups is 1. The van der Waals surface area contributed by atoms with Gasteiger partial charge in [0.2, 0.25) is 0 Å². The summed E-state index contributed by atoms with van der Waals surface area (Å²) in [7, 11) is 3.68. The summed E-state index contributed by atoms with van der Waals surface area (Å²) in [5, 5.41) is 14.3. The number of likely N-dealkylation sites (N-methyl/N-ethyl adjacent to an activating group) is 1. The lowest BCUT2D eigenvalue weighted by molar-refractivity contribution is -0.0179. The number of carbonyl (C=O) groups is 2. The minimum Gasteiger partial charge on any atom is -0.394 e. The van der Waals surface area contributed by atoms with Gasteiger partial charge in [0.1, 0.15) is 5.69 Å². The summed E-state index contributed by atoms with van der Waals surface area (Å²) >= 11 is 0. The van der Waals surface area contributed by atoms with E-state index in [1.54, 1.807) is 16.8 Å². The summed E-state index contributed by atoms with van der Waals surface area (Å²) in [6.07, 6.45) is -0.390. The highest BCUT2D eigenvalue weighted by atomic mass is 16.5. The normalized spacial score (nSPS) is 17.4. The summed E-state index contributed by atoms with van der Waals surface area (Å²) < 4.78 is 8.62. The Morgan fingerprint density at radius 3 is 2.36 bits per heavy atom. The largest absolute Gasteiger partial charge is 0.394 e. The predicted molar refractivity (Wildman–Crippen MR) is 187 cm³/mol. The molecule has 6 rings (SSSR count). The Morgan fingerprint density at radius 2 is 1.62 bits per heavy atom. The fourth-order valence-electron chi connectivity index (χ4n) is 6.47. The van der Waals surface area contributed by atoms with Gasteiger partial charge < -0.3 is 29.5 Å². The average molecular weight is 631 g/mol. The number of aromatic nitrogens is 1. The zero-order valence-corrected chi connectivity index (χ0v) is 27.4. The summed E-state index contributed by atoms with van der Waals surface area (Å²) in [4.78, 5) is 31.3. The zero-order chi connectivity index (χ0) is 33.1. The van der Waals surface area contributed by atoms with Crippen molar-refractivity contribution in [2.24, 2.45) is 13.0 Å². The van der Waals surface area contributed by atoms with E-state index in [9.17, 15) is 14.7 Å². The monoisotopic (exact) mass is 630 g/mol. The minimum absolute atomic E-state index is 0.146. The van der Waals surface area contributed by atoms with Gasteiger partial charge in [-0.1, -0.05) is 91.9 Å². The van der Waals surface area contributed by atoms with Crippen LogP contribution in [0.25, 0.3) is 33.2 Å². The second-order valence-electron chi connectivity index (χ2n) is 12.5. The quantitative estimate of drug-likeness (QED) is 0.211. The molecule has 0 aliphatic carbocycles. The second-order valence-corrected chi connectivity index (χ2v) is 12.5. The molecule has 2 N–H and O–H groups in total. The van der Waals surface area contributed by atoms with E-state index >= 15 is 0 Å². The van der Waals surface area contributed by atoms with Gasteiger partial charge in [0.05, 0.1) is 25.4 Å². The van der Waals surface area contributed by atoms with Crippen molar-refractivity contribution in [3.63, 3.8) is 0 Å². The first kappa shape index (κ1) is 32.0. The molecule has 1 aliphatic rings. The van der Waals surface area contributed by atoms with Crippen molar-refractivity contribution in [3.8, 4) is 22.3 Å². The topological polar surface area (TPSA) is 87.0 Å². The molecule has 0 spiro atoms. The van der Waals surface area contributed by atoms with Crippen LogP contribution in [0.3, 0.4) is 0 Å². The number of amides is 3. The highest BCUT2D eigenvalue weighted by molar-refractivity contribution is 6.10. The molecule has 0 unspecified atom stereocenters. The molecular weight excluding hydrogens is 588 g/mol. The van der Waals surface area contributed by atoms with E-state index in [1.165, 1.54) is 0 Å². The number of fused-ring (bicyclic) bond motifs is 5. The van der Waals surface area contributed by atoms with Crippen LogP contribution in [-0.4, -0.2) is 70.3 Å². The molecule has 3 atom stereocenters. The highest BCUT2D eigenvalue weighted by Crippen LogP contribution is 2.38. The van der Waals surface area contributed by atoms with E-state index in [1.807, 2.05) is 116 Å². The van der Waals surface area contributed by atoms with Gasteiger partial charge in [0.25, 0.3) is 5.91 Å². The Labute approximate surface area is 276 Å². The molecule has 0 bridgehead atoms. The van der Waals surface area contributed by atoms with Crippen molar-refractivity contribution in [3.05, 3.63) is 114 Å². The first-order chi connectivity index (χ1) is 22.8. The smallest absolute Gasteiger partial charge is 0.321 e. The molecule has 0 saturated carbocycles. The molecule has 8 heteroatoms. The summed E-state index contributed by atoms with van der Waals surface area (Å²) in [5.74, 6) is -0.302. The lowest BCUT2D eigenvalue weighted by Gasteiger charge is -2.35. The highest BCUT2D eigenvalue weighted by Gasteiger charge is 2.34. The Morgan fingerprint density at radius 1 is 0.957 bits per heavy atom. The standard InChI is InChI=1S/C39H42N4O4/c1-26-22-43(27(2)24-44)38(45)37-36(33-16-10-11-17-34(33)42(37)4)32-15-9-8-14-30(32)25-47-35(26)23-41(3)39(46)40-31-20-18-29(19-21-31)28-12-6-5-7-13-28/h5-21,26-27,35,44H,22-25H2,1-4H3,(H,40,46)/t26-,27-,35-/m1/s1. The predicted octanol–water partition coefficient (Wildman–Crippen LogP) is 7.03. The van der Waals surface area contributed by atoms with Crippen molar-refractivity contribution in [1.82, 2.24) is 14.4 Å². The van der Waals surface area contributed by atoms with E-state index < -0.39 is 12.1 Å². The van der Waals surface area contributed by atoms with Crippen LogP contribution in [0.4, 0.5) is 10.5 Å². The number of aliphatic hydroxyl groups excluding tert-OH is 1. The minimum atomic E-state index is -0.424. The Hall–Kier alpha value is -4.92. The van der Waals surface area contributed by atoms with Crippen LogP contribution in [0.1, 0.15) is 29.9 Å². The molecule has 3 amide bonds. The van der Waals surface area contributed by atoms with Crippen LogP contribution in [0.2, 0.25) is 0 Å². The van der Waals surface area contributed by atoms with Crippen molar-refractivity contribution in [2.75, 3.05) is 32.1 Å². The molecular formula is C39H42N4O4. The van der Waals surface area contributed by atoms with Crippen LogP contribution >= 0.6 is 0 Å². The summed E-state index contributed by atoms with van der Waals surface area (Å²) in [6.45, 7) is 4.69. The molecule has 242 valence electrons. The fraction of sp³-hybridized carbons (Fsp3) is 0.282. The molecule has 8 nitrogen and oxygen atoms in total. The first-order valence-electron chi connectivity index (χ1n) is 16.1. The number of rotatable bonds is 6. The van der Waals surface area contributed by atoms with Crippen molar-refractivity contribution in [2.45, 2.75) is 32.6 Å². The lowest BCUT2D eigenvalue weighted by Crippen LogP contribution is -2.48. The average Bonchev–Trinajstić information content (AvgIpc) is 3.39. The molecule has 4 aromatic carbocycles. The van der Waals surface area contributed by atoms with Crippen LogP contribution in [0.15, 0.2) is 103 Å². The van der Waals surface area contributed by atoms with Crippen molar-refractivity contribution < 1.29 is 19.4 Å². The van der Waals surface area contributed by atoms with Crippen LogP contribution in [-0.2, 0) is 18.4 Å². The van der Waals surface area contributed by atoms with Gasteiger partial charge in [-0.25, -0.2) is 4.79 Å². The molecule has 2 heterocycles. The maximum absolute atomic E-state index is 14.5. The lowest BCUT2D eigenvalue weighted by atomic mass is 9.96. The van der Waals surface area contributed by atoms with Crippen LogP contribution in [0.5, 0.6) is 0 Å². The third-order valence-electron chi connectivity index (χ3n) is 9.27. The van der Waals surface area contributed by atoms with Gasteiger partial charge in [-0.15, -0.1) is 0 Å². The van der Waals surface area contributed by atoms with Gasteiger partial charge >= 0.3 is 6.03 Å². The molecule has 1 aromatic heterocycles. The summed E-state index contributed by atoms with van der Waals surface area (Å²) in [6, 6.07) is 33.3. The second kappa shape index (κ2) is 13.8. The number of hydrogen-bond acceptors (Lipinski definition) is 4. The maximum Gasteiger partial charge on any atom is 0.321 e. The maximum atomic E-state index is 14.5. The Balaban J connectivity index is 1.29. The van der Waals surface area contributed by atoms with Gasteiger partial charge in [-0.2, -0.15) is 0 Å². The van der Waals surface area contributed by atoms with Crippen molar-refractivity contribution >= 4 is 28.5 Å². The number of ether oxygens (including phenoxy) is 1. The van der Waals surface area contributed by atoms with E-state index in [0.29, 0.717) is 31.1 Å². The Bertz CT molecular complexity index is 1870. The number of para-hydroxylation sites is 1. The Kier molecular flexibility index (Phi) is 9.43. The van der Waals surface area contributed by atoms with E-state index in [2.05, 4.69) is 17.4 Å².